The van der Waals surface area contributed by atoms with Crippen LogP contribution in [0.3, 0.4) is 0 Å². The van der Waals surface area contributed by atoms with Crippen LogP contribution in [-0.2, 0) is 16.0 Å². The molecule has 31 heavy (non-hydrogen) atoms. The van der Waals surface area contributed by atoms with E-state index in [1.54, 1.807) is 29.2 Å². The molecular weight excluding hydrogens is 390 g/mol. The Balaban J connectivity index is 1.42. The van der Waals surface area contributed by atoms with Gasteiger partial charge in [-0.25, -0.2) is 0 Å². The van der Waals surface area contributed by atoms with Gasteiger partial charge in [0.25, 0.3) is 5.91 Å². The molecule has 2 aromatic carbocycles. The number of nitrogens with one attached hydrogen (secondary N) is 1. The maximum absolute atomic E-state index is 13.4. The molecule has 2 aliphatic rings. The lowest BCUT2D eigenvalue weighted by Crippen LogP contribution is -2.57. The molecule has 2 aromatic rings. The predicted octanol–water partition coefficient (Wildman–Crippen LogP) is 2.50. The highest BCUT2D eigenvalue weighted by Crippen LogP contribution is 2.28. The van der Waals surface area contributed by atoms with Gasteiger partial charge in [0.05, 0.1) is 0 Å². The maximum Gasteiger partial charge on any atom is 0.251 e. The summed E-state index contributed by atoms with van der Waals surface area (Å²) in [6.07, 6.45) is 3.54. The van der Waals surface area contributed by atoms with E-state index in [0.717, 1.165) is 24.8 Å². The Labute approximate surface area is 183 Å². The molecule has 0 aromatic heterocycles. The second kappa shape index (κ2) is 9.77. The number of carbonyl (C=O) groups excluding carboxylic acids is 3. The molecule has 1 atom stereocenters. The summed E-state index contributed by atoms with van der Waals surface area (Å²) in [7, 11) is 0. The molecule has 1 N–H and O–H groups in total. The second-order valence-electron chi connectivity index (χ2n) is 8.36. The summed E-state index contributed by atoms with van der Waals surface area (Å²) in [6, 6.07) is 18.0. The van der Waals surface area contributed by atoms with Crippen LogP contribution in [0.2, 0.25) is 0 Å². The second-order valence-corrected chi connectivity index (χ2v) is 8.36. The van der Waals surface area contributed by atoms with Gasteiger partial charge in [-0.1, -0.05) is 55.0 Å². The van der Waals surface area contributed by atoms with Crippen LogP contribution in [-0.4, -0.2) is 59.7 Å². The molecule has 162 valence electrons. The highest BCUT2D eigenvalue weighted by Gasteiger charge is 2.34. The largest absolute Gasteiger partial charge is 0.340 e. The number of hydrogen-bond donors (Lipinski definition) is 1. The average molecular weight is 420 g/mol. The summed E-state index contributed by atoms with van der Waals surface area (Å²) in [5, 5.41) is 2.94. The molecule has 0 radical (unpaired) electrons. The number of amides is 3. The van der Waals surface area contributed by atoms with Gasteiger partial charge in [-0.2, -0.15) is 0 Å². The van der Waals surface area contributed by atoms with Crippen molar-refractivity contribution in [2.24, 2.45) is 5.92 Å². The van der Waals surface area contributed by atoms with E-state index in [2.05, 4.69) is 5.32 Å². The van der Waals surface area contributed by atoms with Gasteiger partial charge in [-0.15, -0.1) is 0 Å². The minimum absolute atomic E-state index is 0.0936. The zero-order valence-electron chi connectivity index (χ0n) is 17.7. The Morgan fingerprint density at radius 2 is 1.42 bits per heavy atom. The molecule has 6 nitrogen and oxygen atoms in total. The van der Waals surface area contributed by atoms with Gasteiger partial charge in [0, 0.05) is 44.1 Å². The van der Waals surface area contributed by atoms with Crippen molar-refractivity contribution in [2.75, 3.05) is 26.2 Å². The standard InChI is InChI=1S/C25H29N3O3/c29-23(20-10-5-2-6-11-20)26-22(18-19-8-3-1-4-9-19)25(31)28-16-14-27(15-17-28)24(30)21-12-7-13-21/h1-6,8-11,21-22H,7,12-18H2,(H,26,29). The molecule has 2 fully saturated rings. The molecule has 1 aliphatic heterocycles. The van der Waals surface area contributed by atoms with E-state index in [9.17, 15) is 14.4 Å². The molecular formula is C25H29N3O3. The lowest BCUT2D eigenvalue weighted by Gasteiger charge is -2.39. The maximum atomic E-state index is 13.4. The Morgan fingerprint density at radius 1 is 0.839 bits per heavy atom. The van der Waals surface area contributed by atoms with Crippen molar-refractivity contribution in [2.45, 2.75) is 31.7 Å². The Kier molecular flexibility index (Phi) is 6.65. The zero-order chi connectivity index (χ0) is 21.6. The number of rotatable bonds is 6. The van der Waals surface area contributed by atoms with Crippen molar-refractivity contribution in [3.63, 3.8) is 0 Å². The minimum Gasteiger partial charge on any atom is -0.340 e. The molecule has 1 heterocycles. The van der Waals surface area contributed by atoms with Crippen LogP contribution in [0.5, 0.6) is 0 Å². The fourth-order valence-corrected chi connectivity index (χ4v) is 4.16. The third-order valence-electron chi connectivity index (χ3n) is 6.28. The minimum atomic E-state index is -0.649. The summed E-state index contributed by atoms with van der Waals surface area (Å²) >= 11 is 0. The van der Waals surface area contributed by atoms with E-state index in [4.69, 9.17) is 0 Å². The first kappa shape index (κ1) is 21.1. The van der Waals surface area contributed by atoms with E-state index in [1.807, 2.05) is 41.3 Å². The molecule has 1 saturated heterocycles. The predicted molar refractivity (Wildman–Crippen MR) is 118 cm³/mol. The SMILES string of the molecule is O=C(NC(Cc1ccccc1)C(=O)N1CCN(C(=O)C2CCC2)CC1)c1ccccc1. The fourth-order valence-electron chi connectivity index (χ4n) is 4.16. The first-order chi connectivity index (χ1) is 15.1. The van der Waals surface area contributed by atoms with Crippen LogP contribution in [0.1, 0.15) is 35.2 Å². The third kappa shape index (κ3) is 5.13. The van der Waals surface area contributed by atoms with Crippen molar-refractivity contribution < 1.29 is 14.4 Å². The van der Waals surface area contributed by atoms with Gasteiger partial charge in [-0.3, -0.25) is 14.4 Å². The highest BCUT2D eigenvalue weighted by molar-refractivity contribution is 5.97. The molecule has 3 amide bonds. The summed E-state index contributed by atoms with van der Waals surface area (Å²) in [4.78, 5) is 42.3. The first-order valence-corrected chi connectivity index (χ1v) is 11.1. The Morgan fingerprint density at radius 3 is 2.00 bits per heavy atom. The Bertz CT molecular complexity index is 904. The van der Waals surface area contributed by atoms with E-state index in [-0.39, 0.29) is 23.6 Å². The van der Waals surface area contributed by atoms with Crippen molar-refractivity contribution in [1.29, 1.82) is 0 Å². The first-order valence-electron chi connectivity index (χ1n) is 11.1. The molecule has 1 unspecified atom stereocenters. The Hall–Kier alpha value is -3.15. The quantitative estimate of drug-likeness (QED) is 0.782. The van der Waals surface area contributed by atoms with Gasteiger partial charge >= 0.3 is 0 Å². The van der Waals surface area contributed by atoms with E-state index >= 15 is 0 Å². The summed E-state index contributed by atoms with van der Waals surface area (Å²) in [5.41, 5.74) is 1.53. The van der Waals surface area contributed by atoms with Crippen molar-refractivity contribution >= 4 is 17.7 Å². The molecule has 6 heteroatoms. The number of hydrogen-bond acceptors (Lipinski definition) is 3. The summed E-state index contributed by atoms with van der Waals surface area (Å²) < 4.78 is 0. The smallest absolute Gasteiger partial charge is 0.251 e. The van der Waals surface area contributed by atoms with Gasteiger partial charge < -0.3 is 15.1 Å². The van der Waals surface area contributed by atoms with E-state index in [0.29, 0.717) is 38.2 Å². The van der Waals surface area contributed by atoms with Crippen LogP contribution in [0.15, 0.2) is 60.7 Å². The highest BCUT2D eigenvalue weighted by atomic mass is 16.2. The summed E-state index contributed by atoms with van der Waals surface area (Å²) in [5.74, 6) is 0.0624. The monoisotopic (exact) mass is 419 g/mol. The van der Waals surface area contributed by atoms with Gasteiger partial charge in [0.2, 0.25) is 11.8 Å². The van der Waals surface area contributed by atoms with Gasteiger partial charge in [0.15, 0.2) is 0 Å². The van der Waals surface area contributed by atoms with Crippen LogP contribution in [0.4, 0.5) is 0 Å². The molecule has 1 saturated carbocycles. The van der Waals surface area contributed by atoms with Gasteiger partial charge in [-0.05, 0) is 30.5 Å². The van der Waals surface area contributed by atoms with Crippen LogP contribution in [0, 0.1) is 5.92 Å². The summed E-state index contributed by atoms with van der Waals surface area (Å²) in [6.45, 7) is 2.13. The fraction of sp³-hybridized carbons (Fsp3) is 0.400. The lowest BCUT2D eigenvalue weighted by molar-refractivity contribution is -0.144. The van der Waals surface area contributed by atoms with Crippen molar-refractivity contribution in [3.8, 4) is 0 Å². The van der Waals surface area contributed by atoms with Crippen molar-refractivity contribution in [3.05, 3.63) is 71.8 Å². The van der Waals surface area contributed by atoms with Crippen molar-refractivity contribution in [1.82, 2.24) is 15.1 Å². The van der Waals surface area contributed by atoms with Crippen LogP contribution < -0.4 is 5.32 Å². The number of piperazine rings is 1. The topological polar surface area (TPSA) is 69.7 Å². The molecule has 4 rings (SSSR count). The van der Waals surface area contributed by atoms with Crippen LogP contribution in [0.25, 0.3) is 0 Å². The zero-order valence-corrected chi connectivity index (χ0v) is 17.7. The third-order valence-corrected chi connectivity index (χ3v) is 6.28. The average Bonchev–Trinajstić information content (AvgIpc) is 2.78. The lowest BCUT2D eigenvalue weighted by atomic mass is 9.84. The number of benzene rings is 2. The van der Waals surface area contributed by atoms with E-state index < -0.39 is 6.04 Å². The van der Waals surface area contributed by atoms with Crippen LogP contribution >= 0.6 is 0 Å². The molecule has 1 aliphatic carbocycles. The van der Waals surface area contributed by atoms with E-state index in [1.165, 1.54) is 0 Å². The number of nitrogens with zero attached hydrogens (tertiary/aromatic N) is 2. The number of carbonyl (C=O) groups is 3. The van der Waals surface area contributed by atoms with Gasteiger partial charge in [0.1, 0.15) is 6.04 Å². The normalized spacial score (nSPS) is 17.5. The molecule has 0 spiro atoms. The molecule has 0 bridgehead atoms.